The summed E-state index contributed by atoms with van der Waals surface area (Å²) in [5.41, 5.74) is 0.898. The summed E-state index contributed by atoms with van der Waals surface area (Å²) in [6, 6.07) is 4.10. The predicted molar refractivity (Wildman–Crippen MR) is 77.2 cm³/mol. The molecule has 1 unspecified atom stereocenters. The van der Waals surface area contributed by atoms with E-state index in [0.29, 0.717) is 22.6 Å². The molecule has 1 aromatic carbocycles. The van der Waals surface area contributed by atoms with Crippen molar-refractivity contribution in [3.8, 4) is 11.5 Å². The fraction of sp³-hybridized carbons (Fsp3) is 0.571. The average Bonchev–Trinajstić information content (AvgIpc) is 2.39. The molecule has 0 heterocycles. The Labute approximate surface area is 114 Å². The summed E-state index contributed by atoms with van der Waals surface area (Å²) in [7, 11) is 3.23. The van der Waals surface area contributed by atoms with E-state index in [0.717, 1.165) is 24.9 Å². The summed E-state index contributed by atoms with van der Waals surface area (Å²) in [5.74, 6) is 1.34. The molecule has 1 rings (SSSR count). The first-order valence-electron chi connectivity index (χ1n) is 6.34. The number of ether oxygens (including phenoxy) is 2. The Kier molecular flexibility index (Phi) is 6.13. The zero-order chi connectivity index (χ0) is 13.5. The normalized spacial score (nSPS) is 12.1. The van der Waals surface area contributed by atoms with E-state index in [1.54, 1.807) is 20.3 Å². The molecule has 0 saturated carbocycles. The van der Waals surface area contributed by atoms with Crippen molar-refractivity contribution in [2.24, 2.45) is 0 Å². The van der Waals surface area contributed by atoms with Gasteiger partial charge >= 0.3 is 0 Å². The van der Waals surface area contributed by atoms with E-state index in [2.05, 4.69) is 19.2 Å². The molecule has 18 heavy (non-hydrogen) atoms. The maximum Gasteiger partial charge on any atom is 0.162 e. The molecule has 0 aliphatic carbocycles. The first kappa shape index (κ1) is 15.0. The van der Waals surface area contributed by atoms with Crippen molar-refractivity contribution in [1.29, 1.82) is 0 Å². The highest BCUT2D eigenvalue weighted by molar-refractivity contribution is 6.33. The molecule has 0 aliphatic rings. The summed E-state index contributed by atoms with van der Waals surface area (Å²) in [6.07, 6.45) is 3.34. The zero-order valence-electron chi connectivity index (χ0n) is 11.5. The minimum atomic E-state index is 0.436. The van der Waals surface area contributed by atoms with Crippen molar-refractivity contribution in [2.75, 3.05) is 19.5 Å². The molecule has 4 heteroatoms. The number of hydrogen-bond donors (Lipinski definition) is 1. The Balaban J connectivity index is 2.94. The van der Waals surface area contributed by atoms with Crippen LogP contribution in [0.1, 0.15) is 33.1 Å². The third-order valence-corrected chi connectivity index (χ3v) is 3.28. The van der Waals surface area contributed by atoms with Crippen LogP contribution in [0.2, 0.25) is 5.02 Å². The summed E-state index contributed by atoms with van der Waals surface area (Å²) in [5, 5.41) is 4.11. The Morgan fingerprint density at radius 2 is 1.78 bits per heavy atom. The van der Waals surface area contributed by atoms with E-state index in [9.17, 15) is 0 Å². The summed E-state index contributed by atoms with van der Waals surface area (Å²) in [6.45, 7) is 4.35. The van der Waals surface area contributed by atoms with Crippen LogP contribution in [0.25, 0.3) is 0 Å². The summed E-state index contributed by atoms with van der Waals surface area (Å²) >= 11 is 6.24. The van der Waals surface area contributed by atoms with Crippen molar-refractivity contribution in [3.05, 3.63) is 17.2 Å². The Morgan fingerprint density at radius 1 is 1.17 bits per heavy atom. The van der Waals surface area contributed by atoms with Crippen molar-refractivity contribution in [1.82, 2.24) is 0 Å². The van der Waals surface area contributed by atoms with Crippen LogP contribution in [0.4, 0.5) is 5.69 Å². The highest BCUT2D eigenvalue weighted by atomic mass is 35.5. The van der Waals surface area contributed by atoms with Crippen LogP contribution < -0.4 is 14.8 Å². The predicted octanol–water partition coefficient (Wildman–Crippen LogP) is 4.35. The fourth-order valence-corrected chi connectivity index (χ4v) is 2.12. The van der Waals surface area contributed by atoms with Gasteiger partial charge in [-0.05, 0) is 12.8 Å². The third kappa shape index (κ3) is 3.70. The van der Waals surface area contributed by atoms with Gasteiger partial charge in [0.2, 0.25) is 0 Å². The molecule has 3 nitrogen and oxygen atoms in total. The molecule has 0 aromatic heterocycles. The van der Waals surface area contributed by atoms with Gasteiger partial charge in [0.25, 0.3) is 0 Å². The molecular weight excluding hydrogens is 250 g/mol. The maximum absolute atomic E-state index is 6.24. The maximum atomic E-state index is 6.24. The summed E-state index contributed by atoms with van der Waals surface area (Å²) < 4.78 is 10.5. The topological polar surface area (TPSA) is 30.5 Å². The van der Waals surface area contributed by atoms with Gasteiger partial charge in [-0.1, -0.05) is 31.9 Å². The van der Waals surface area contributed by atoms with E-state index < -0.39 is 0 Å². The molecule has 0 fully saturated rings. The van der Waals surface area contributed by atoms with Gasteiger partial charge in [-0.25, -0.2) is 0 Å². The van der Waals surface area contributed by atoms with Gasteiger partial charge in [0.05, 0.1) is 24.9 Å². The minimum Gasteiger partial charge on any atom is -0.493 e. The highest BCUT2D eigenvalue weighted by Gasteiger charge is 2.12. The first-order valence-corrected chi connectivity index (χ1v) is 6.72. The van der Waals surface area contributed by atoms with E-state index >= 15 is 0 Å². The second kappa shape index (κ2) is 7.37. The molecule has 1 aromatic rings. The average molecular weight is 272 g/mol. The van der Waals surface area contributed by atoms with Crippen molar-refractivity contribution < 1.29 is 9.47 Å². The lowest BCUT2D eigenvalue weighted by Gasteiger charge is -2.20. The quantitative estimate of drug-likeness (QED) is 0.800. The van der Waals surface area contributed by atoms with Crippen molar-refractivity contribution >= 4 is 17.3 Å². The molecule has 0 amide bonds. The molecular formula is C14H22ClNO2. The van der Waals surface area contributed by atoms with Gasteiger partial charge in [0.1, 0.15) is 0 Å². The van der Waals surface area contributed by atoms with Crippen LogP contribution in [-0.4, -0.2) is 20.3 Å². The molecule has 0 saturated heterocycles. The SMILES string of the molecule is CCCC(CC)Nc1cc(OC)c(OC)cc1Cl. The van der Waals surface area contributed by atoms with E-state index in [4.69, 9.17) is 21.1 Å². The Morgan fingerprint density at radius 3 is 2.28 bits per heavy atom. The smallest absolute Gasteiger partial charge is 0.162 e. The third-order valence-electron chi connectivity index (χ3n) is 2.96. The number of rotatable bonds is 7. The summed E-state index contributed by atoms with van der Waals surface area (Å²) in [4.78, 5) is 0. The second-order valence-electron chi connectivity index (χ2n) is 4.23. The van der Waals surface area contributed by atoms with Gasteiger partial charge in [0, 0.05) is 18.2 Å². The first-order chi connectivity index (χ1) is 8.65. The van der Waals surface area contributed by atoms with Gasteiger partial charge in [-0.2, -0.15) is 0 Å². The molecule has 1 N–H and O–H groups in total. The largest absolute Gasteiger partial charge is 0.493 e. The number of nitrogens with one attached hydrogen (secondary N) is 1. The van der Waals surface area contributed by atoms with Gasteiger partial charge < -0.3 is 14.8 Å². The second-order valence-corrected chi connectivity index (χ2v) is 4.63. The van der Waals surface area contributed by atoms with Crippen LogP contribution in [0, 0.1) is 0 Å². The number of halogens is 1. The number of hydrogen-bond acceptors (Lipinski definition) is 3. The van der Waals surface area contributed by atoms with Crippen LogP contribution in [-0.2, 0) is 0 Å². The van der Waals surface area contributed by atoms with E-state index in [1.165, 1.54) is 0 Å². The molecule has 1 atom stereocenters. The fourth-order valence-electron chi connectivity index (χ4n) is 1.91. The number of methoxy groups -OCH3 is 2. The standard InChI is InChI=1S/C14H22ClNO2/c1-5-7-10(6-2)16-12-9-14(18-4)13(17-3)8-11(12)15/h8-10,16H,5-7H2,1-4H3. The van der Waals surface area contributed by atoms with Gasteiger partial charge in [-0.3, -0.25) is 0 Å². The van der Waals surface area contributed by atoms with E-state index in [-0.39, 0.29) is 0 Å². The van der Waals surface area contributed by atoms with Gasteiger partial charge in [0.15, 0.2) is 11.5 Å². The monoisotopic (exact) mass is 271 g/mol. The van der Waals surface area contributed by atoms with Crippen LogP contribution in [0.5, 0.6) is 11.5 Å². The lowest BCUT2D eigenvalue weighted by atomic mass is 10.1. The van der Waals surface area contributed by atoms with Gasteiger partial charge in [-0.15, -0.1) is 0 Å². The van der Waals surface area contributed by atoms with Crippen LogP contribution >= 0.6 is 11.6 Å². The Hall–Kier alpha value is -1.09. The Bertz CT molecular complexity index is 382. The molecule has 0 radical (unpaired) electrons. The molecule has 0 bridgehead atoms. The molecule has 102 valence electrons. The molecule has 0 aliphatic heterocycles. The van der Waals surface area contributed by atoms with Crippen molar-refractivity contribution in [3.63, 3.8) is 0 Å². The number of anilines is 1. The minimum absolute atomic E-state index is 0.436. The van der Waals surface area contributed by atoms with E-state index in [1.807, 2.05) is 6.07 Å². The molecule has 0 spiro atoms. The van der Waals surface area contributed by atoms with Crippen LogP contribution in [0.3, 0.4) is 0 Å². The van der Waals surface area contributed by atoms with Crippen LogP contribution in [0.15, 0.2) is 12.1 Å². The number of benzene rings is 1. The van der Waals surface area contributed by atoms with Crippen molar-refractivity contribution in [2.45, 2.75) is 39.2 Å². The lowest BCUT2D eigenvalue weighted by Crippen LogP contribution is -2.18. The highest BCUT2D eigenvalue weighted by Crippen LogP contribution is 2.36. The zero-order valence-corrected chi connectivity index (χ0v) is 12.3. The lowest BCUT2D eigenvalue weighted by molar-refractivity contribution is 0.355.